The molecule has 3 amide bonds. The first-order valence-corrected chi connectivity index (χ1v) is 37.4. The number of benzene rings is 1. The lowest BCUT2D eigenvalue weighted by atomic mass is 9.59. The van der Waals surface area contributed by atoms with Crippen LogP contribution in [0, 0.1) is 49.9 Å². The summed E-state index contributed by atoms with van der Waals surface area (Å²) in [5, 5.41) is 28.4. The molecule has 1 aromatic carbocycles. The Morgan fingerprint density at radius 2 is 0.798 bits per heavy atom. The molecule has 5 aliphatic rings. The number of nitrogens with one attached hydrogen (secondary N) is 3. The number of nitrogens with two attached hydrogens (primary N) is 1. The molecule has 0 spiro atoms. The molecule has 23 heteroatoms. The van der Waals surface area contributed by atoms with E-state index in [-0.39, 0.29) is 160 Å². The highest BCUT2D eigenvalue weighted by Gasteiger charge is 2.49. The van der Waals surface area contributed by atoms with Crippen molar-refractivity contribution in [1.82, 2.24) is 16.0 Å². The number of aliphatic carboxylic acids is 1. The Labute approximate surface area is 637 Å². The molecule has 600 valence electrons. The lowest BCUT2D eigenvalue weighted by Crippen LogP contribution is -3.00. The van der Waals surface area contributed by atoms with Gasteiger partial charge < -0.3 is 81.8 Å². The molecule has 2 atom stereocenters. The van der Waals surface area contributed by atoms with Gasteiger partial charge in [-0.15, -0.1) is 0 Å². The van der Waals surface area contributed by atoms with Gasteiger partial charge in [0, 0.05) is 41.4 Å². The van der Waals surface area contributed by atoms with Crippen LogP contribution in [0.1, 0.15) is 285 Å². The molecule has 4 aliphatic carbocycles. The fourth-order valence-corrected chi connectivity index (χ4v) is 20.2. The standard InChI is InChI=1S/C29H46N2O5.C22H42N2O5.C15H27NO3.C11H23N.C4H4O3.BrH/c1-27(2)19-28(3,4)21-29(5,20-27)30-24(32)14-15-25(33)36-23(17-31(6,7)8)16-26(34)35-18-22-12-10-9-11-13-22;1-20(2)14-21(3,4)16-22(5,15-20)23-18(25)9-10-19(26)29-17(11-12-28-27)13-24(6,7)8;1-13(2)8-14(3,4)10-15(5,9-13)16-11(17)6-7-12(18)19;1-9(2)6-10(3,4)8-11(5,12)7-9;5-3-1-2-4(6)7-3;/h9-13,23H,14-21H2,1-8H3;12,17,28H,9-11,13-16H2,1-8H3,(H,23,25);6-10H2,1-5H3,(H,16,17)(H,18,19);6-8,12H2,1-5H3;1-2H2;1H/t23-;17-;;;;/m11..../s1. The number of quaternary nitrogens is 2. The van der Waals surface area contributed by atoms with Gasteiger partial charge >= 0.3 is 35.8 Å². The van der Waals surface area contributed by atoms with Crippen LogP contribution >= 0.6 is 0 Å². The second-order valence-electron chi connectivity index (χ2n) is 40.7. The van der Waals surface area contributed by atoms with Gasteiger partial charge in [-0.05, 0) is 160 Å². The summed E-state index contributed by atoms with van der Waals surface area (Å²) in [6.45, 7) is 47.1. The summed E-state index contributed by atoms with van der Waals surface area (Å²) in [7, 11) is 11.9. The normalized spacial score (nSPS) is 21.8. The molecule has 22 nitrogen and oxygen atoms in total. The van der Waals surface area contributed by atoms with Crippen molar-refractivity contribution in [3.63, 3.8) is 0 Å². The first kappa shape index (κ1) is 96.9. The van der Waals surface area contributed by atoms with Crippen molar-refractivity contribution in [2.24, 2.45) is 49.1 Å². The second kappa shape index (κ2) is 38.8. The van der Waals surface area contributed by atoms with Gasteiger partial charge in [0.05, 0.1) is 80.8 Å². The minimum atomic E-state index is -0.926. The third kappa shape index (κ3) is 42.5. The van der Waals surface area contributed by atoms with Crippen LogP contribution in [0.4, 0.5) is 0 Å². The summed E-state index contributed by atoms with van der Waals surface area (Å²) < 4.78 is 21.7. The molecule has 1 heterocycles. The molecular formula is C81H143BrN6O16. The topological polar surface area (TPSA) is 309 Å². The summed E-state index contributed by atoms with van der Waals surface area (Å²) >= 11 is 0. The largest absolute Gasteiger partial charge is 1.00 e. The van der Waals surface area contributed by atoms with Crippen LogP contribution in [0.5, 0.6) is 0 Å². The van der Waals surface area contributed by atoms with E-state index in [1.54, 1.807) is 0 Å². The SMILES string of the molecule is CC1(C)CC(C)(C)CC(C)(N)C1.CC1(C)CC(C)(C)CC(C)(NC(=O)CCC(=O)O)C1.CC1(C)CC(C)(C)CC(C)(NC(=O)CCC(=O)O[C@H](CC(=O)OCc2ccccc2)C[N+](C)(C)C)C1.CC1(C)CC(C)(C)CC(C)(NC(=O)CCC(=O)O[C@H](C[CH-][OH+][O-])C[N+](C)(C)C)C1.O=C1CCC(=O)O1.[Br-]. The zero-order valence-electron chi connectivity index (χ0n) is 69.3. The smallest absolute Gasteiger partial charge is 0.314 e. The third-order valence-corrected chi connectivity index (χ3v) is 18.7. The van der Waals surface area contributed by atoms with Gasteiger partial charge in [-0.3, -0.25) is 43.2 Å². The number of nitrogens with zero attached hydrogens (tertiary/aromatic N) is 2. The number of cyclic esters (lactones) is 2. The van der Waals surface area contributed by atoms with E-state index in [1.807, 2.05) is 72.6 Å². The number of carboxylic acids is 1. The monoisotopic (exact) mass is 1530 g/mol. The van der Waals surface area contributed by atoms with E-state index < -0.39 is 48.0 Å². The fraction of sp³-hybridized carbons (Fsp3) is 0.802. The summed E-state index contributed by atoms with van der Waals surface area (Å²) in [6.07, 6.45) is 12.3. The van der Waals surface area contributed by atoms with Crippen molar-refractivity contribution >= 4 is 53.5 Å². The number of carboxylic acid groups (broad SMARTS) is 1. The Balaban J connectivity index is 0.000000706. The lowest BCUT2D eigenvalue weighted by Gasteiger charge is -2.51. The van der Waals surface area contributed by atoms with Crippen molar-refractivity contribution in [2.45, 2.75) is 321 Å². The number of hydrogen-bond acceptors (Lipinski definition) is 15. The molecule has 7 N–H and O–H groups in total. The van der Waals surface area contributed by atoms with Crippen LogP contribution in [0.3, 0.4) is 0 Å². The van der Waals surface area contributed by atoms with Gasteiger partial charge in [0.25, 0.3) is 0 Å². The molecule has 1 aromatic rings. The number of hydrogen-bond donors (Lipinski definition) is 5. The van der Waals surface area contributed by atoms with Gasteiger partial charge in [-0.2, -0.15) is 0 Å². The van der Waals surface area contributed by atoms with E-state index in [1.165, 1.54) is 13.0 Å². The van der Waals surface area contributed by atoms with Gasteiger partial charge in [-0.1, -0.05) is 148 Å². The fourth-order valence-electron chi connectivity index (χ4n) is 20.2. The van der Waals surface area contributed by atoms with E-state index in [0.717, 1.165) is 76.2 Å². The molecule has 0 aromatic heterocycles. The molecule has 1 saturated heterocycles. The molecule has 5 fully saturated rings. The molecule has 0 radical (unpaired) electrons. The van der Waals surface area contributed by atoms with Crippen LogP contribution in [-0.2, 0) is 68.7 Å². The van der Waals surface area contributed by atoms with Crippen molar-refractivity contribution in [3.8, 4) is 0 Å². The molecule has 4 saturated carbocycles. The molecule has 6 rings (SSSR count). The van der Waals surface area contributed by atoms with Crippen molar-refractivity contribution < 1.29 is 103 Å². The predicted octanol–water partition coefficient (Wildman–Crippen LogP) is 9.80. The number of carbonyl (C=O) groups excluding carboxylic acids is 8. The van der Waals surface area contributed by atoms with Gasteiger partial charge in [-0.25, -0.2) is 0 Å². The summed E-state index contributed by atoms with van der Waals surface area (Å²) in [4.78, 5) is 108. The van der Waals surface area contributed by atoms with Crippen LogP contribution in [0.2, 0.25) is 0 Å². The zero-order chi connectivity index (χ0) is 79.5. The number of halogens is 1. The Bertz CT molecular complexity index is 2870. The van der Waals surface area contributed by atoms with Crippen molar-refractivity contribution in [1.29, 1.82) is 0 Å². The van der Waals surface area contributed by atoms with E-state index >= 15 is 0 Å². The van der Waals surface area contributed by atoms with Crippen molar-refractivity contribution in [2.75, 3.05) is 55.4 Å². The molecule has 104 heavy (non-hydrogen) atoms. The van der Waals surface area contributed by atoms with E-state index in [0.29, 0.717) is 32.9 Å². The second-order valence-corrected chi connectivity index (χ2v) is 40.7. The van der Waals surface area contributed by atoms with Crippen LogP contribution in [-0.4, -0.2) is 162 Å². The average molecular weight is 1540 g/mol. The van der Waals surface area contributed by atoms with Crippen LogP contribution in [0.15, 0.2) is 30.3 Å². The zero-order valence-corrected chi connectivity index (χ0v) is 70.8. The Hall–Kier alpha value is -5.07. The first-order chi connectivity index (χ1) is 46.3. The molecule has 0 unspecified atom stereocenters. The molecule has 1 aliphatic heterocycles. The predicted molar refractivity (Wildman–Crippen MR) is 402 cm³/mol. The maximum absolute atomic E-state index is 12.8. The minimum absolute atomic E-state index is 0. The lowest BCUT2D eigenvalue weighted by molar-refractivity contribution is -0.873. The van der Waals surface area contributed by atoms with Gasteiger partial charge in [0.15, 0.2) is 6.10 Å². The van der Waals surface area contributed by atoms with Crippen molar-refractivity contribution in [3.05, 3.63) is 42.5 Å². The maximum Gasteiger partial charge on any atom is 0.314 e. The Kier molecular flexibility index (Phi) is 36.2. The molecular weight excluding hydrogens is 1390 g/mol. The Morgan fingerprint density at radius 3 is 1.09 bits per heavy atom. The number of ether oxygens (including phenoxy) is 4. The highest BCUT2D eigenvalue weighted by Crippen LogP contribution is 2.53. The summed E-state index contributed by atoms with van der Waals surface area (Å²) in [6, 6.07) is 9.45. The van der Waals surface area contributed by atoms with Crippen LogP contribution < -0.4 is 43.9 Å². The van der Waals surface area contributed by atoms with E-state index in [2.05, 4.69) is 164 Å². The van der Waals surface area contributed by atoms with E-state index in [4.69, 9.17) is 25.1 Å². The average Bonchev–Trinajstić information content (AvgIpc) is 0.915. The summed E-state index contributed by atoms with van der Waals surface area (Å²) in [5.74, 6) is -3.46. The summed E-state index contributed by atoms with van der Waals surface area (Å²) in [5.41, 5.74) is 8.17. The third-order valence-electron chi connectivity index (χ3n) is 18.7. The highest BCUT2D eigenvalue weighted by atomic mass is 79.9. The molecule has 0 bridgehead atoms. The number of likely N-dealkylation sites (N-methyl/N-ethyl adjacent to an activating group) is 2. The maximum atomic E-state index is 12.8. The Morgan fingerprint density at radius 1 is 0.490 bits per heavy atom. The number of amides is 3. The quantitative estimate of drug-likeness (QED) is 0.00889. The number of esters is 5. The number of aliphatic hydroxyl groups is 1. The van der Waals surface area contributed by atoms with E-state index in [9.17, 15) is 48.4 Å². The minimum Gasteiger partial charge on any atom is -1.00 e. The number of rotatable bonds is 25. The van der Waals surface area contributed by atoms with Crippen LogP contribution in [0.25, 0.3) is 0 Å². The first-order valence-electron chi connectivity index (χ1n) is 37.4. The van der Waals surface area contributed by atoms with Gasteiger partial charge in [0.2, 0.25) is 17.7 Å². The highest BCUT2D eigenvalue weighted by molar-refractivity contribution is 5.92. The van der Waals surface area contributed by atoms with Gasteiger partial charge in [0.1, 0.15) is 25.8 Å². The number of carbonyl (C=O) groups is 9.